The number of fused-ring (bicyclic) bond motifs is 2. The molecule has 2 unspecified atom stereocenters. The van der Waals surface area contributed by atoms with Gasteiger partial charge in [0.15, 0.2) is 0 Å². The van der Waals surface area contributed by atoms with E-state index in [0.29, 0.717) is 23.9 Å². The number of benzene rings is 2. The third-order valence-corrected chi connectivity index (χ3v) is 8.09. The Labute approximate surface area is 377 Å². The van der Waals surface area contributed by atoms with Crippen molar-refractivity contribution in [2.75, 3.05) is 13.1 Å². The van der Waals surface area contributed by atoms with Gasteiger partial charge in [-0.2, -0.15) is 53.6 Å². The molecule has 0 bridgehead atoms. The predicted molar refractivity (Wildman–Crippen MR) is 140 cm³/mol. The maximum Gasteiger partial charge on any atom is 1.00 e. The van der Waals surface area contributed by atoms with Crippen molar-refractivity contribution in [1.82, 2.24) is 19.8 Å². The normalized spacial score (nSPS) is 18.7. The van der Waals surface area contributed by atoms with Crippen LogP contribution >= 0.6 is 0 Å². The van der Waals surface area contributed by atoms with Crippen LogP contribution < -0.4 is 175 Å². The average molecular weight is 722 g/mol. The summed E-state index contributed by atoms with van der Waals surface area (Å²) in [6.07, 6.45) is 9.76. The zero-order chi connectivity index (χ0) is 24.4. The van der Waals surface area contributed by atoms with E-state index in [-0.39, 0.29) is 175 Å². The maximum atomic E-state index is 4.12. The van der Waals surface area contributed by atoms with Crippen LogP contribution in [0.25, 0.3) is 0 Å². The van der Waals surface area contributed by atoms with E-state index in [9.17, 15) is 0 Å². The van der Waals surface area contributed by atoms with E-state index >= 15 is 0 Å². The van der Waals surface area contributed by atoms with Crippen LogP contribution in [0.15, 0.2) is 42.7 Å². The summed E-state index contributed by atoms with van der Waals surface area (Å²) >= 11 is 0. The van der Waals surface area contributed by atoms with Crippen molar-refractivity contribution in [3.05, 3.63) is 94.6 Å². The second-order valence-corrected chi connectivity index (χ2v) is 10.9. The maximum absolute atomic E-state index is 4.12. The van der Waals surface area contributed by atoms with Gasteiger partial charge in [0.1, 0.15) is 0 Å². The molecule has 4 nitrogen and oxygen atoms in total. The standard InChI is InChI=1S/C31H37N4.3Rb/c1-22(2)35-19-28(13-23(3)30-16-32-21-33-17-30)31-10-9-25(15-29(31)20-35)14-24(4)34-12-11-26-7-5-6-8-27(26)18-34;;;/h5,7-10,16-17,22-24,28H,11-14,18-20H2,1-4H3;;;/q-3;3*+1/t23-,24?,28?;;;/m0.../s1. The van der Waals surface area contributed by atoms with Crippen molar-refractivity contribution < 1.29 is 175 Å². The summed E-state index contributed by atoms with van der Waals surface area (Å²) in [4.78, 5) is 13.5. The van der Waals surface area contributed by atoms with Gasteiger partial charge < -0.3 is 14.9 Å². The molecule has 5 rings (SSSR count). The third-order valence-electron chi connectivity index (χ3n) is 8.09. The van der Waals surface area contributed by atoms with E-state index in [1.165, 1.54) is 33.4 Å². The van der Waals surface area contributed by atoms with Gasteiger partial charge in [-0.15, -0.1) is 22.3 Å². The molecule has 0 saturated heterocycles. The molecule has 1 aromatic heterocycles. The van der Waals surface area contributed by atoms with Crippen LogP contribution in [0.4, 0.5) is 0 Å². The fourth-order valence-corrected chi connectivity index (χ4v) is 5.84. The second-order valence-electron chi connectivity index (χ2n) is 10.9. The van der Waals surface area contributed by atoms with Gasteiger partial charge in [0.2, 0.25) is 0 Å². The summed E-state index contributed by atoms with van der Waals surface area (Å²) in [6, 6.07) is 19.3. The van der Waals surface area contributed by atoms with Gasteiger partial charge in [0.05, 0.1) is 0 Å². The summed E-state index contributed by atoms with van der Waals surface area (Å²) in [5, 5.41) is 0. The third kappa shape index (κ3) is 9.68. The predicted octanol–water partition coefficient (Wildman–Crippen LogP) is -3.62. The Morgan fingerprint density at radius 3 is 2.45 bits per heavy atom. The molecule has 0 fully saturated rings. The van der Waals surface area contributed by atoms with E-state index in [2.05, 4.69) is 90.2 Å². The van der Waals surface area contributed by atoms with Gasteiger partial charge in [-0.3, -0.25) is 4.90 Å². The first-order chi connectivity index (χ1) is 17.0. The van der Waals surface area contributed by atoms with Gasteiger partial charge in [-0.1, -0.05) is 25.7 Å². The van der Waals surface area contributed by atoms with Gasteiger partial charge in [-0.25, -0.2) is 0 Å². The summed E-state index contributed by atoms with van der Waals surface area (Å²) in [6.45, 7) is 13.5. The van der Waals surface area contributed by atoms with E-state index in [1.54, 1.807) is 0 Å². The largest absolute Gasteiger partial charge is 1.00 e. The molecular weight excluding hydrogens is 685 g/mol. The number of nitrogens with zero attached hydrogens (tertiary/aromatic N) is 4. The molecule has 0 N–H and O–H groups in total. The van der Waals surface area contributed by atoms with Gasteiger partial charge in [0, 0.05) is 25.0 Å². The summed E-state index contributed by atoms with van der Waals surface area (Å²) in [5.41, 5.74) is 8.33. The Bertz CT molecular complexity index is 1140. The first-order valence-corrected chi connectivity index (χ1v) is 13.2. The molecule has 2 aliphatic heterocycles. The first kappa shape index (κ1) is 37.0. The number of rotatable bonds is 7. The zero-order valence-corrected chi connectivity index (χ0v) is 39.3. The molecule has 2 aromatic carbocycles. The molecule has 3 heterocycles. The molecule has 0 spiro atoms. The minimum Gasteiger partial charge on any atom is -0.374 e. The van der Waals surface area contributed by atoms with Gasteiger partial charge >= 0.3 is 175 Å². The molecule has 38 heavy (non-hydrogen) atoms. The molecule has 0 saturated carbocycles. The fourth-order valence-electron chi connectivity index (χ4n) is 5.84. The number of aromatic nitrogens is 2. The molecule has 7 heteroatoms. The minimum absolute atomic E-state index is 0. The Balaban J connectivity index is 0.00000169. The van der Waals surface area contributed by atoms with Crippen molar-refractivity contribution in [2.24, 2.45) is 0 Å². The molecule has 0 amide bonds. The second kappa shape index (κ2) is 18.0. The Morgan fingerprint density at radius 2 is 1.71 bits per heavy atom. The molecule has 184 valence electrons. The molecule has 0 aliphatic carbocycles. The Kier molecular flexibility index (Phi) is 17.5. The van der Waals surface area contributed by atoms with Crippen LogP contribution in [-0.4, -0.2) is 44.9 Å². The Hall–Kier alpha value is 2.86. The van der Waals surface area contributed by atoms with E-state index in [4.69, 9.17) is 0 Å². The van der Waals surface area contributed by atoms with Crippen LogP contribution in [0, 0.1) is 18.5 Å². The van der Waals surface area contributed by atoms with Crippen molar-refractivity contribution >= 4 is 0 Å². The van der Waals surface area contributed by atoms with Crippen molar-refractivity contribution in [3.8, 4) is 0 Å². The van der Waals surface area contributed by atoms with Crippen molar-refractivity contribution in [3.63, 3.8) is 0 Å². The fraction of sp³-hybridized carbons (Fsp3) is 0.484. The molecular formula is C31H37N4Rb3. The van der Waals surface area contributed by atoms with Crippen LogP contribution in [0.5, 0.6) is 0 Å². The van der Waals surface area contributed by atoms with Crippen molar-refractivity contribution in [2.45, 2.75) is 84.0 Å². The van der Waals surface area contributed by atoms with E-state index < -0.39 is 0 Å². The molecule has 3 atom stereocenters. The van der Waals surface area contributed by atoms with Gasteiger partial charge in [-0.05, 0) is 65.1 Å². The molecule has 2 aliphatic rings. The molecule has 0 radical (unpaired) electrons. The quantitative estimate of drug-likeness (QED) is 0.236. The average Bonchev–Trinajstić information content (AvgIpc) is 2.88. The van der Waals surface area contributed by atoms with Crippen molar-refractivity contribution in [1.29, 1.82) is 0 Å². The monoisotopic (exact) mass is 720 g/mol. The Morgan fingerprint density at radius 1 is 0.947 bits per heavy atom. The van der Waals surface area contributed by atoms with Crippen LogP contribution in [0.1, 0.15) is 79.3 Å². The molecule has 3 aromatic rings. The smallest absolute Gasteiger partial charge is 0.374 e. The summed E-state index contributed by atoms with van der Waals surface area (Å²) < 4.78 is 0. The number of hydrogen-bond acceptors (Lipinski definition) is 4. The van der Waals surface area contributed by atoms with E-state index in [1.807, 2.05) is 18.5 Å². The topological polar surface area (TPSA) is 32.3 Å². The van der Waals surface area contributed by atoms with Crippen LogP contribution in [-0.2, 0) is 25.9 Å². The number of hydrogen-bond donors (Lipinski definition) is 0. The summed E-state index contributed by atoms with van der Waals surface area (Å²) in [7, 11) is 0. The van der Waals surface area contributed by atoms with Gasteiger partial charge in [0.25, 0.3) is 0 Å². The van der Waals surface area contributed by atoms with E-state index in [0.717, 1.165) is 45.4 Å². The minimum atomic E-state index is 0. The van der Waals surface area contributed by atoms with Crippen LogP contribution in [0.3, 0.4) is 0 Å². The SMILES string of the molecule is CC(C)N1Cc2[c-]c(CC(C)N3CCc4cc[c-]cc4C3)ccc2C(C[C@H](C)c2cn[c-]nc2)C1.[Rb+].[Rb+].[Rb+]. The zero-order valence-electron chi connectivity index (χ0n) is 24.6. The first-order valence-electron chi connectivity index (χ1n) is 13.2. The van der Waals surface area contributed by atoms with Crippen LogP contribution in [0.2, 0.25) is 0 Å². The summed E-state index contributed by atoms with van der Waals surface area (Å²) in [5.74, 6) is 0.909.